The second-order valence-electron chi connectivity index (χ2n) is 12.3. The molecule has 0 amide bonds. The van der Waals surface area contributed by atoms with Crippen LogP contribution in [0.5, 0.6) is 0 Å². The topological polar surface area (TPSA) is 56.5 Å². The quantitative estimate of drug-likeness (QED) is 0.189. The zero-order chi connectivity index (χ0) is 32.1. The van der Waals surface area contributed by atoms with Gasteiger partial charge in [0.1, 0.15) is 11.2 Å². The fourth-order valence-corrected chi connectivity index (χ4v) is 9.94. The van der Waals surface area contributed by atoms with Gasteiger partial charge in [0, 0.05) is 65.4 Å². The summed E-state index contributed by atoms with van der Waals surface area (Å²) in [6.07, 6.45) is 3.64. The lowest BCUT2D eigenvalue weighted by Gasteiger charge is -2.12. The molecule has 0 aliphatic carbocycles. The van der Waals surface area contributed by atoms with Crippen molar-refractivity contribution in [2.75, 3.05) is 0 Å². The zero-order valence-electron chi connectivity index (χ0n) is 25.8. The lowest BCUT2D eigenvalue weighted by molar-refractivity contribution is 1.18. The van der Waals surface area contributed by atoms with Gasteiger partial charge in [-0.1, -0.05) is 84.9 Å². The highest BCUT2D eigenvalue weighted by Crippen LogP contribution is 2.51. The van der Waals surface area contributed by atoms with Gasteiger partial charge < -0.3 is 4.57 Å². The molecule has 0 spiro atoms. The third-order valence-electron chi connectivity index (χ3n) is 9.57. The molecule has 228 valence electrons. The number of thiophene rings is 2. The van der Waals surface area contributed by atoms with Crippen molar-refractivity contribution in [1.82, 2.24) is 24.5 Å². The predicted molar refractivity (Wildman–Crippen MR) is 206 cm³/mol. The second-order valence-corrected chi connectivity index (χ2v) is 14.3. The van der Waals surface area contributed by atoms with Crippen LogP contribution >= 0.6 is 22.7 Å². The van der Waals surface area contributed by atoms with Crippen LogP contribution in [0.4, 0.5) is 0 Å². The van der Waals surface area contributed by atoms with E-state index < -0.39 is 0 Å². The summed E-state index contributed by atoms with van der Waals surface area (Å²) in [7, 11) is 0. The maximum Gasteiger partial charge on any atom is 0.160 e. The minimum absolute atomic E-state index is 0.712. The molecular weight excluding hydrogens is 639 g/mol. The van der Waals surface area contributed by atoms with Gasteiger partial charge in [0.2, 0.25) is 0 Å². The Morgan fingerprint density at radius 3 is 2.14 bits per heavy atom. The SMILES string of the molecule is c1ccc(-c2nc(-c3ccc(-n4c5ccccc5c5c6c7cncnc7sc6c6sc7ccccc7c6c54)cc3)nc3ccccc23)cc1. The van der Waals surface area contributed by atoms with Crippen molar-refractivity contribution in [2.24, 2.45) is 0 Å². The van der Waals surface area contributed by atoms with Crippen LogP contribution in [0.25, 0.3) is 102 Å². The smallest absolute Gasteiger partial charge is 0.160 e. The van der Waals surface area contributed by atoms with Gasteiger partial charge in [-0.05, 0) is 42.5 Å². The Hall–Kier alpha value is -6.02. The van der Waals surface area contributed by atoms with Crippen LogP contribution in [0.2, 0.25) is 0 Å². The highest BCUT2D eigenvalue weighted by molar-refractivity contribution is 7.33. The van der Waals surface area contributed by atoms with Crippen LogP contribution in [-0.2, 0) is 0 Å². The Labute approximate surface area is 287 Å². The number of hydrogen-bond donors (Lipinski definition) is 0. The summed E-state index contributed by atoms with van der Waals surface area (Å²) < 4.78 is 6.30. The Kier molecular flexibility index (Phi) is 5.64. The summed E-state index contributed by atoms with van der Waals surface area (Å²) >= 11 is 3.64. The molecule has 0 unspecified atom stereocenters. The highest BCUT2D eigenvalue weighted by atomic mass is 32.1. The molecule has 0 saturated carbocycles. The lowest BCUT2D eigenvalue weighted by Crippen LogP contribution is -1.97. The first kappa shape index (κ1) is 27.0. The number of hydrogen-bond acceptors (Lipinski definition) is 6. The Bertz CT molecular complexity index is 3100. The van der Waals surface area contributed by atoms with E-state index in [-0.39, 0.29) is 0 Å². The minimum Gasteiger partial charge on any atom is -0.309 e. The van der Waals surface area contributed by atoms with E-state index in [1.807, 2.05) is 35.7 Å². The molecule has 5 nitrogen and oxygen atoms in total. The third kappa shape index (κ3) is 3.85. The molecule has 5 heterocycles. The van der Waals surface area contributed by atoms with Gasteiger partial charge in [-0.2, -0.15) is 0 Å². The predicted octanol–water partition coefficient (Wildman–Crippen LogP) is 11.6. The number of aromatic nitrogens is 5. The molecule has 0 saturated heterocycles. The van der Waals surface area contributed by atoms with Crippen LogP contribution in [0.3, 0.4) is 0 Å². The molecule has 49 heavy (non-hydrogen) atoms. The van der Waals surface area contributed by atoms with Gasteiger partial charge in [0.05, 0.1) is 31.6 Å². The normalized spacial score (nSPS) is 12.1. The van der Waals surface area contributed by atoms with E-state index in [0.717, 1.165) is 43.6 Å². The Balaban J connectivity index is 1.21. The van der Waals surface area contributed by atoms with Crippen molar-refractivity contribution in [2.45, 2.75) is 0 Å². The standard InChI is InChI=1S/C42H23N5S2/c1-2-10-24(11-3-1)37-27-12-4-7-15-31(27)45-41(46-37)25-18-20-26(21-19-25)47-32-16-8-5-13-28(32)34-35-30-22-43-23-44-42(30)49-39(35)40-36(38(34)47)29-14-6-9-17-33(29)48-40/h1-23H. The molecule has 0 aliphatic heterocycles. The first-order valence-electron chi connectivity index (χ1n) is 16.1. The van der Waals surface area contributed by atoms with E-state index in [9.17, 15) is 0 Å². The van der Waals surface area contributed by atoms with Crippen LogP contribution in [-0.4, -0.2) is 24.5 Å². The maximum absolute atomic E-state index is 5.13. The van der Waals surface area contributed by atoms with Crippen LogP contribution in [0.15, 0.2) is 140 Å². The largest absolute Gasteiger partial charge is 0.309 e. The fraction of sp³-hybridized carbons (Fsp3) is 0. The van der Waals surface area contributed by atoms with Gasteiger partial charge in [0.15, 0.2) is 5.82 Å². The molecule has 0 aliphatic rings. The van der Waals surface area contributed by atoms with E-state index in [4.69, 9.17) is 15.0 Å². The van der Waals surface area contributed by atoms with Gasteiger partial charge in [-0.25, -0.2) is 19.9 Å². The number of fused-ring (bicyclic) bond motifs is 13. The van der Waals surface area contributed by atoms with Crippen molar-refractivity contribution in [3.8, 4) is 28.3 Å². The summed E-state index contributed by atoms with van der Waals surface area (Å²) in [4.78, 5) is 20.4. The van der Waals surface area contributed by atoms with Gasteiger partial charge in [-0.3, -0.25) is 0 Å². The number of rotatable bonds is 3. The van der Waals surface area contributed by atoms with E-state index in [0.29, 0.717) is 5.82 Å². The summed E-state index contributed by atoms with van der Waals surface area (Å²) in [5.41, 5.74) is 7.39. The molecule has 0 N–H and O–H groups in total. The molecule has 0 bridgehead atoms. The second kappa shape index (κ2) is 10.2. The minimum atomic E-state index is 0.712. The van der Waals surface area contributed by atoms with Crippen molar-refractivity contribution in [1.29, 1.82) is 0 Å². The van der Waals surface area contributed by atoms with Gasteiger partial charge in [-0.15, -0.1) is 22.7 Å². The van der Waals surface area contributed by atoms with E-state index >= 15 is 0 Å². The molecular formula is C42H23N5S2. The lowest BCUT2D eigenvalue weighted by atomic mass is 10.0. The molecule has 11 rings (SSSR count). The van der Waals surface area contributed by atoms with Crippen molar-refractivity contribution < 1.29 is 0 Å². The first-order chi connectivity index (χ1) is 24.3. The zero-order valence-corrected chi connectivity index (χ0v) is 27.5. The summed E-state index contributed by atoms with van der Waals surface area (Å²) in [5, 5.41) is 8.41. The van der Waals surface area contributed by atoms with Crippen molar-refractivity contribution in [3.05, 3.63) is 140 Å². The summed E-state index contributed by atoms with van der Waals surface area (Å²) in [6.45, 7) is 0. The third-order valence-corrected chi connectivity index (χ3v) is 12.0. The average Bonchev–Trinajstić information content (AvgIpc) is 3.85. The fourth-order valence-electron chi connectivity index (χ4n) is 7.47. The molecule has 0 radical (unpaired) electrons. The van der Waals surface area contributed by atoms with E-state index in [1.165, 1.54) is 52.1 Å². The van der Waals surface area contributed by atoms with Crippen LogP contribution < -0.4 is 0 Å². The highest BCUT2D eigenvalue weighted by Gasteiger charge is 2.24. The van der Waals surface area contributed by atoms with E-state index in [1.54, 1.807) is 17.7 Å². The van der Waals surface area contributed by atoms with Crippen molar-refractivity contribution >= 4 is 95.9 Å². The monoisotopic (exact) mass is 661 g/mol. The molecule has 0 fully saturated rings. The first-order valence-corrected chi connectivity index (χ1v) is 17.8. The molecule has 5 aromatic heterocycles. The maximum atomic E-state index is 5.13. The number of nitrogens with zero attached hydrogens (tertiary/aromatic N) is 5. The number of para-hydroxylation sites is 2. The van der Waals surface area contributed by atoms with Crippen LogP contribution in [0, 0.1) is 0 Å². The van der Waals surface area contributed by atoms with Crippen molar-refractivity contribution in [3.63, 3.8) is 0 Å². The summed E-state index contributed by atoms with van der Waals surface area (Å²) in [5.74, 6) is 0.712. The van der Waals surface area contributed by atoms with Gasteiger partial charge >= 0.3 is 0 Å². The Morgan fingerprint density at radius 1 is 0.531 bits per heavy atom. The molecule has 11 aromatic rings. The number of benzene rings is 6. The molecule has 0 atom stereocenters. The molecule has 6 aromatic carbocycles. The van der Waals surface area contributed by atoms with Crippen LogP contribution in [0.1, 0.15) is 0 Å². The van der Waals surface area contributed by atoms with Gasteiger partial charge in [0.25, 0.3) is 0 Å². The Morgan fingerprint density at radius 2 is 1.27 bits per heavy atom. The van der Waals surface area contributed by atoms with E-state index in [2.05, 4.69) is 119 Å². The summed E-state index contributed by atoms with van der Waals surface area (Å²) in [6, 6.07) is 44.9. The average molecular weight is 662 g/mol. The molecule has 7 heteroatoms.